The fourth-order valence-corrected chi connectivity index (χ4v) is 1.62. The Morgan fingerprint density at radius 2 is 2.33 bits per heavy atom. The summed E-state index contributed by atoms with van der Waals surface area (Å²) >= 11 is 0. The van der Waals surface area contributed by atoms with E-state index in [9.17, 15) is 4.79 Å². The van der Waals surface area contributed by atoms with E-state index in [0.717, 1.165) is 19.3 Å². The molecule has 0 saturated carbocycles. The predicted octanol–water partition coefficient (Wildman–Crippen LogP) is 2.45. The third kappa shape index (κ3) is 2.59. The smallest absolute Gasteiger partial charge is 0.333 e. The Labute approximate surface area is 91.4 Å². The molecule has 0 amide bonds. The van der Waals surface area contributed by atoms with Crippen molar-refractivity contribution in [1.82, 2.24) is 0 Å². The summed E-state index contributed by atoms with van der Waals surface area (Å²) < 4.78 is 10.8. The Kier molecular flexibility index (Phi) is 3.91. The van der Waals surface area contributed by atoms with Crippen molar-refractivity contribution >= 4 is 5.97 Å². The van der Waals surface area contributed by atoms with Crippen molar-refractivity contribution in [3.63, 3.8) is 0 Å². The van der Waals surface area contributed by atoms with Crippen LogP contribution in [0.1, 0.15) is 40.0 Å². The molecule has 2 unspecified atom stereocenters. The summed E-state index contributed by atoms with van der Waals surface area (Å²) in [6.07, 6.45) is 3.03. The average molecular weight is 212 g/mol. The molecule has 0 N–H and O–H groups in total. The highest BCUT2D eigenvalue weighted by Crippen LogP contribution is 2.35. The second-order valence-corrected chi connectivity index (χ2v) is 4.29. The number of carbonyl (C=O) groups is 1. The van der Waals surface area contributed by atoms with Crippen LogP contribution in [0, 0.1) is 0 Å². The highest BCUT2D eigenvalue weighted by molar-refractivity contribution is 5.87. The number of rotatable bonds is 5. The lowest BCUT2D eigenvalue weighted by Crippen LogP contribution is -2.59. The van der Waals surface area contributed by atoms with Crippen LogP contribution in [-0.2, 0) is 14.3 Å². The lowest BCUT2D eigenvalue weighted by molar-refractivity contribution is -0.248. The molecule has 3 heteroatoms. The SMILES string of the molecule is C=C(C)C(=O)OC1(CCCC)COC1C. The Morgan fingerprint density at radius 3 is 2.67 bits per heavy atom. The summed E-state index contributed by atoms with van der Waals surface area (Å²) in [4.78, 5) is 11.5. The maximum Gasteiger partial charge on any atom is 0.333 e. The van der Waals surface area contributed by atoms with Gasteiger partial charge in [-0.15, -0.1) is 0 Å². The highest BCUT2D eigenvalue weighted by atomic mass is 16.6. The van der Waals surface area contributed by atoms with Crippen LogP contribution in [0.2, 0.25) is 0 Å². The Hall–Kier alpha value is -0.830. The van der Waals surface area contributed by atoms with Crippen LogP contribution < -0.4 is 0 Å². The summed E-state index contributed by atoms with van der Waals surface area (Å²) in [5, 5.41) is 0. The quantitative estimate of drug-likeness (QED) is 0.518. The molecule has 0 aromatic carbocycles. The molecule has 1 aliphatic rings. The Balaban J connectivity index is 2.58. The number of hydrogen-bond acceptors (Lipinski definition) is 3. The molecule has 0 bridgehead atoms. The first-order valence-corrected chi connectivity index (χ1v) is 5.52. The first-order chi connectivity index (χ1) is 7.02. The van der Waals surface area contributed by atoms with Gasteiger partial charge in [-0.3, -0.25) is 0 Å². The minimum Gasteiger partial charge on any atom is -0.450 e. The third-order valence-electron chi connectivity index (χ3n) is 2.92. The molecule has 1 fully saturated rings. The van der Waals surface area contributed by atoms with E-state index in [0.29, 0.717) is 12.2 Å². The second-order valence-electron chi connectivity index (χ2n) is 4.29. The third-order valence-corrected chi connectivity index (χ3v) is 2.92. The molecule has 2 atom stereocenters. The van der Waals surface area contributed by atoms with Crippen LogP contribution in [0.4, 0.5) is 0 Å². The summed E-state index contributed by atoms with van der Waals surface area (Å²) in [5.41, 5.74) is 0.0523. The van der Waals surface area contributed by atoms with Gasteiger partial charge < -0.3 is 9.47 Å². The zero-order valence-electron chi connectivity index (χ0n) is 9.84. The molecule has 1 aliphatic heterocycles. The molecule has 15 heavy (non-hydrogen) atoms. The van der Waals surface area contributed by atoms with Gasteiger partial charge in [0.1, 0.15) is 0 Å². The van der Waals surface area contributed by atoms with Gasteiger partial charge >= 0.3 is 5.97 Å². The Morgan fingerprint density at radius 1 is 1.67 bits per heavy atom. The van der Waals surface area contributed by atoms with Gasteiger partial charge in [0.15, 0.2) is 5.60 Å². The van der Waals surface area contributed by atoms with E-state index in [2.05, 4.69) is 13.5 Å². The van der Waals surface area contributed by atoms with Gasteiger partial charge in [-0.25, -0.2) is 4.79 Å². The summed E-state index contributed by atoms with van der Waals surface area (Å²) in [6, 6.07) is 0. The molecule has 0 aromatic rings. The van der Waals surface area contributed by atoms with Gasteiger partial charge in [0, 0.05) is 5.57 Å². The van der Waals surface area contributed by atoms with Crippen molar-refractivity contribution < 1.29 is 14.3 Å². The molecular formula is C12H20O3. The van der Waals surface area contributed by atoms with E-state index in [4.69, 9.17) is 9.47 Å². The molecule has 0 aliphatic carbocycles. The average Bonchev–Trinajstić information content (AvgIpc) is 2.21. The number of unbranched alkanes of at least 4 members (excludes halogenated alkanes) is 1. The second kappa shape index (κ2) is 4.79. The van der Waals surface area contributed by atoms with E-state index in [-0.39, 0.29) is 12.1 Å². The van der Waals surface area contributed by atoms with E-state index in [1.165, 1.54) is 0 Å². The molecule has 86 valence electrons. The highest BCUT2D eigenvalue weighted by Gasteiger charge is 2.48. The van der Waals surface area contributed by atoms with Crippen molar-refractivity contribution in [1.29, 1.82) is 0 Å². The lowest BCUT2D eigenvalue weighted by atomic mass is 9.87. The first kappa shape index (κ1) is 12.2. The van der Waals surface area contributed by atoms with Crippen molar-refractivity contribution in [2.45, 2.75) is 51.7 Å². The number of hydrogen-bond donors (Lipinski definition) is 0. The van der Waals surface area contributed by atoms with E-state index >= 15 is 0 Å². The Bertz CT molecular complexity index is 260. The van der Waals surface area contributed by atoms with Gasteiger partial charge in [-0.05, 0) is 26.7 Å². The standard InChI is InChI=1S/C12H20O3/c1-5-6-7-12(8-14-10(12)4)15-11(13)9(2)3/h10H,2,5-8H2,1,3-4H3. The molecular weight excluding hydrogens is 192 g/mol. The first-order valence-electron chi connectivity index (χ1n) is 5.52. The van der Waals surface area contributed by atoms with Crippen molar-refractivity contribution in [2.24, 2.45) is 0 Å². The van der Waals surface area contributed by atoms with Crippen LogP contribution >= 0.6 is 0 Å². The fraction of sp³-hybridized carbons (Fsp3) is 0.750. The molecule has 1 rings (SSSR count). The van der Waals surface area contributed by atoms with Gasteiger partial charge in [-0.2, -0.15) is 0 Å². The summed E-state index contributed by atoms with van der Waals surface area (Å²) in [6.45, 7) is 9.85. The van der Waals surface area contributed by atoms with Crippen molar-refractivity contribution in [2.75, 3.05) is 6.61 Å². The largest absolute Gasteiger partial charge is 0.450 e. The van der Waals surface area contributed by atoms with Crippen LogP contribution in [0.15, 0.2) is 12.2 Å². The van der Waals surface area contributed by atoms with Crippen molar-refractivity contribution in [3.8, 4) is 0 Å². The topological polar surface area (TPSA) is 35.5 Å². The maximum absolute atomic E-state index is 11.5. The normalized spacial score (nSPS) is 29.4. The van der Waals surface area contributed by atoms with Crippen LogP contribution in [0.3, 0.4) is 0 Å². The molecule has 1 heterocycles. The van der Waals surface area contributed by atoms with Gasteiger partial charge in [-0.1, -0.05) is 19.9 Å². The van der Waals surface area contributed by atoms with Crippen molar-refractivity contribution in [3.05, 3.63) is 12.2 Å². The molecule has 0 aromatic heterocycles. The lowest BCUT2D eigenvalue weighted by Gasteiger charge is -2.46. The summed E-state index contributed by atoms with van der Waals surface area (Å²) in [5.74, 6) is -0.304. The summed E-state index contributed by atoms with van der Waals surface area (Å²) in [7, 11) is 0. The number of ether oxygens (including phenoxy) is 2. The zero-order valence-corrected chi connectivity index (χ0v) is 9.84. The number of carbonyl (C=O) groups excluding carboxylic acids is 1. The van der Waals surface area contributed by atoms with Gasteiger partial charge in [0.05, 0.1) is 12.7 Å². The molecule has 0 spiro atoms. The van der Waals surface area contributed by atoms with E-state index in [1.54, 1.807) is 6.92 Å². The van der Waals surface area contributed by atoms with E-state index < -0.39 is 5.60 Å². The molecule has 1 saturated heterocycles. The molecule has 0 radical (unpaired) electrons. The maximum atomic E-state index is 11.5. The minimum absolute atomic E-state index is 0.00681. The zero-order chi connectivity index (χ0) is 11.5. The predicted molar refractivity (Wildman–Crippen MR) is 58.6 cm³/mol. The van der Waals surface area contributed by atoms with E-state index in [1.807, 2.05) is 6.92 Å². The van der Waals surface area contributed by atoms with Crippen LogP contribution in [-0.4, -0.2) is 24.3 Å². The minimum atomic E-state index is -0.397. The monoisotopic (exact) mass is 212 g/mol. The number of esters is 1. The van der Waals surface area contributed by atoms with Crippen LogP contribution in [0.5, 0.6) is 0 Å². The van der Waals surface area contributed by atoms with Gasteiger partial charge in [0.25, 0.3) is 0 Å². The molecule has 3 nitrogen and oxygen atoms in total. The van der Waals surface area contributed by atoms with Gasteiger partial charge in [0.2, 0.25) is 0 Å². The fourth-order valence-electron chi connectivity index (χ4n) is 1.62. The van der Waals surface area contributed by atoms with Crippen LogP contribution in [0.25, 0.3) is 0 Å².